The van der Waals surface area contributed by atoms with Crippen LogP contribution in [0.1, 0.15) is 38.9 Å². The van der Waals surface area contributed by atoms with Gasteiger partial charge < -0.3 is 9.84 Å². The highest BCUT2D eigenvalue weighted by molar-refractivity contribution is 5.29. The van der Waals surface area contributed by atoms with Crippen molar-refractivity contribution in [1.29, 1.82) is 0 Å². The van der Waals surface area contributed by atoms with Crippen LogP contribution < -0.4 is 4.74 Å². The van der Waals surface area contributed by atoms with Crippen molar-refractivity contribution in [1.82, 2.24) is 0 Å². The van der Waals surface area contributed by atoms with Gasteiger partial charge in [0.1, 0.15) is 11.6 Å². The first-order valence-electron chi connectivity index (χ1n) is 5.64. The monoisotopic (exact) mass is 226 g/mol. The molecule has 0 spiro atoms. The molecule has 3 heteroatoms. The van der Waals surface area contributed by atoms with E-state index in [1.54, 1.807) is 12.1 Å². The van der Waals surface area contributed by atoms with Crippen molar-refractivity contribution in [3.63, 3.8) is 0 Å². The van der Waals surface area contributed by atoms with Crippen LogP contribution in [-0.4, -0.2) is 11.7 Å². The molecule has 0 heterocycles. The summed E-state index contributed by atoms with van der Waals surface area (Å²) < 4.78 is 18.9. The number of benzene rings is 1. The fourth-order valence-electron chi connectivity index (χ4n) is 1.29. The summed E-state index contributed by atoms with van der Waals surface area (Å²) in [5.41, 5.74) is 0.302. The topological polar surface area (TPSA) is 29.5 Å². The first kappa shape index (κ1) is 13.0. The first-order chi connectivity index (χ1) is 7.54. The lowest BCUT2D eigenvalue weighted by Crippen LogP contribution is -2.07. The van der Waals surface area contributed by atoms with Crippen LogP contribution in [0.5, 0.6) is 5.75 Å². The van der Waals surface area contributed by atoms with Crippen LogP contribution in [0.15, 0.2) is 18.2 Å². The Balaban J connectivity index is 2.66. The van der Waals surface area contributed by atoms with Gasteiger partial charge in [-0.3, -0.25) is 0 Å². The summed E-state index contributed by atoms with van der Waals surface area (Å²) >= 11 is 0. The van der Waals surface area contributed by atoms with Gasteiger partial charge in [0.15, 0.2) is 0 Å². The van der Waals surface area contributed by atoms with Gasteiger partial charge in [-0.25, -0.2) is 4.39 Å². The molecular formula is C13H19FO2. The number of rotatable bonds is 5. The van der Waals surface area contributed by atoms with E-state index in [0.717, 1.165) is 6.42 Å². The van der Waals surface area contributed by atoms with Crippen molar-refractivity contribution in [2.24, 2.45) is 5.92 Å². The van der Waals surface area contributed by atoms with Crippen molar-refractivity contribution in [3.8, 4) is 5.75 Å². The molecule has 16 heavy (non-hydrogen) atoms. The fourth-order valence-corrected chi connectivity index (χ4v) is 1.29. The minimum atomic E-state index is -0.788. The molecule has 0 bridgehead atoms. The van der Waals surface area contributed by atoms with E-state index in [9.17, 15) is 9.50 Å². The van der Waals surface area contributed by atoms with Gasteiger partial charge in [-0.05, 0) is 25.0 Å². The van der Waals surface area contributed by atoms with Gasteiger partial charge in [-0.15, -0.1) is 0 Å². The van der Waals surface area contributed by atoms with Crippen molar-refractivity contribution >= 4 is 0 Å². The number of halogens is 1. The fraction of sp³-hybridized carbons (Fsp3) is 0.538. The quantitative estimate of drug-likeness (QED) is 0.834. The lowest BCUT2D eigenvalue weighted by Gasteiger charge is -2.12. The van der Waals surface area contributed by atoms with Gasteiger partial charge in [0, 0.05) is 11.6 Å². The van der Waals surface area contributed by atoms with E-state index >= 15 is 0 Å². The second-order valence-corrected chi connectivity index (χ2v) is 4.18. The Hall–Kier alpha value is -1.09. The van der Waals surface area contributed by atoms with Crippen molar-refractivity contribution < 1.29 is 14.2 Å². The minimum Gasteiger partial charge on any atom is -0.493 e. The summed E-state index contributed by atoms with van der Waals surface area (Å²) in [4.78, 5) is 0. The molecule has 0 aliphatic rings. The lowest BCUT2D eigenvalue weighted by atomic mass is 10.1. The number of ether oxygens (including phenoxy) is 1. The maximum absolute atomic E-state index is 13.5. The average Bonchev–Trinajstić information content (AvgIpc) is 2.25. The van der Waals surface area contributed by atoms with E-state index < -0.39 is 11.9 Å². The van der Waals surface area contributed by atoms with Crippen LogP contribution in [0, 0.1) is 11.7 Å². The van der Waals surface area contributed by atoms with E-state index in [1.807, 2.05) is 0 Å². The Bertz CT molecular complexity index is 337. The van der Waals surface area contributed by atoms with Crippen molar-refractivity contribution in [2.45, 2.75) is 33.3 Å². The number of aliphatic hydroxyl groups excluding tert-OH is 1. The highest BCUT2D eigenvalue weighted by atomic mass is 19.1. The highest BCUT2D eigenvalue weighted by Gasteiger charge is 2.09. The van der Waals surface area contributed by atoms with E-state index in [2.05, 4.69) is 13.8 Å². The summed E-state index contributed by atoms with van der Waals surface area (Å²) in [6.45, 7) is 6.30. The summed E-state index contributed by atoms with van der Waals surface area (Å²) in [7, 11) is 0. The van der Waals surface area contributed by atoms with Gasteiger partial charge in [0.25, 0.3) is 0 Å². The van der Waals surface area contributed by atoms with Gasteiger partial charge in [-0.1, -0.05) is 20.3 Å². The molecule has 1 aromatic rings. The third kappa shape index (κ3) is 3.49. The third-order valence-corrected chi connectivity index (χ3v) is 2.65. The smallest absolute Gasteiger partial charge is 0.132 e. The Morgan fingerprint density at radius 3 is 2.56 bits per heavy atom. The Morgan fingerprint density at radius 1 is 1.38 bits per heavy atom. The van der Waals surface area contributed by atoms with Crippen LogP contribution in [0.2, 0.25) is 0 Å². The van der Waals surface area contributed by atoms with Crippen LogP contribution in [0.3, 0.4) is 0 Å². The van der Waals surface area contributed by atoms with Crippen LogP contribution >= 0.6 is 0 Å². The molecule has 0 saturated heterocycles. The molecule has 0 amide bonds. The molecule has 2 atom stereocenters. The predicted molar refractivity (Wildman–Crippen MR) is 62.0 cm³/mol. The van der Waals surface area contributed by atoms with E-state index in [1.165, 1.54) is 13.0 Å². The van der Waals surface area contributed by atoms with Crippen LogP contribution in [0.25, 0.3) is 0 Å². The second kappa shape index (κ2) is 5.85. The average molecular weight is 226 g/mol. The molecule has 0 aliphatic carbocycles. The van der Waals surface area contributed by atoms with Gasteiger partial charge in [0.2, 0.25) is 0 Å². The zero-order chi connectivity index (χ0) is 12.1. The van der Waals surface area contributed by atoms with E-state index in [-0.39, 0.29) is 0 Å². The maximum Gasteiger partial charge on any atom is 0.132 e. The standard InChI is InChI=1S/C13H19FO2/c1-4-9(2)8-16-11-5-6-12(10(3)15)13(14)7-11/h5-7,9-10,15H,4,8H2,1-3H3. The zero-order valence-corrected chi connectivity index (χ0v) is 10.0. The Kier molecular flexibility index (Phi) is 4.74. The van der Waals surface area contributed by atoms with E-state index in [4.69, 9.17) is 4.74 Å². The van der Waals surface area contributed by atoms with Crippen molar-refractivity contribution in [3.05, 3.63) is 29.6 Å². The lowest BCUT2D eigenvalue weighted by molar-refractivity contribution is 0.193. The molecular weight excluding hydrogens is 207 g/mol. The maximum atomic E-state index is 13.5. The van der Waals surface area contributed by atoms with Gasteiger partial charge >= 0.3 is 0 Å². The molecule has 2 nitrogen and oxygen atoms in total. The van der Waals surface area contributed by atoms with Crippen LogP contribution in [0.4, 0.5) is 4.39 Å². The summed E-state index contributed by atoms with van der Waals surface area (Å²) in [5.74, 6) is 0.554. The molecule has 90 valence electrons. The minimum absolute atomic E-state index is 0.302. The number of hydrogen-bond donors (Lipinski definition) is 1. The molecule has 0 radical (unpaired) electrons. The molecule has 0 aliphatic heterocycles. The molecule has 2 unspecified atom stereocenters. The molecule has 0 aromatic heterocycles. The predicted octanol–water partition coefficient (Wildman–Crippen LogP) is 3.30. The third-order valence-electron chi connectivity index (χ3n) is 2.65. The van der Waals surface area contributed by atoms with Gasteiger partial charge in [0.05, 0.1) is 12.7 Å². The molecule has 0 saturated carbocycles. The van der Waals surface area contributed by atoms with Crippen molar-refractivity contribution in [2.75, 3.05) is 6.61 Å². The Morgan fingerprint density at radius 2 is 2.06 bits per heavy atom. The molecule has 1 aromatic carbocycles. The highest BCUT2D eigenvalue weighted by Crippen LogP contribution is 2.22. The SMILES string of the molecule is CCC(C)COc1ccc(C(C)O)c(F)c1. The molecule has 0 fully saturated rings. The van der Waals surface area contributed by atoms with Gasteiger partial charge in [-0.2, -0.15) is 0 Å². The molecule has 1 N–H and O–H groups in total. The number of hydrogen-bond acceptors (Lipinski definition) is 2. The van der Waals surface area contributed by atoms with E-state index in [0.29, 0.717) is 23.8 Å². The zero-order valence-electron chi connectivity index (χ0n) is 10.0. The summed E-state index contributed by atoms with van der Waals surface area (Å²) in [6.07, 6.45) is 0.248. The first-order valence-corrected chi connectivity index (χ1v) is 5.64. The van der Waals surface area contributed by atoms with Crippen LogP contribution in [-0.2, 0) is 0 Å². The second-order valence-electron chi connectivity index (χ2n) is 4.18. The Labute approximate surface area is 96.1 Å². The normalized spacial score (nSPS) is 14.6. The summed E-state index contributed by atoms with van der Waals surface area (Å²) in [5, 5.41) is 9.27. The molecule has 1 rings (SSSR count). The summed E-state index contributed by atoms with van der Waals surface area (Å²) in [6, 6.07) is 4.57. The largest absolute Gasteiger partial charge is 0.493 e. The number of aliphatic hydroxyl groups is 1.